The Hall–Kier alpha value is -2.38. The molecule has 0 saturated heterocycles. The Morgan fingerprint density at radius 3 is 2.14 bits per heavy atom. The van der Waals surface area contributed by atoms with Gasteiger partial charge in [0.2, 0.25) is 23.6 Å². The lowest BCUT2D eigenvalue weighted by Crippen LogP contribution is -2.54. The van der Waals surface area contributed by atoms with Crippen molar-refractivity contribution in [2.45, 2.75) is 43.8 Å². The summed E-state index contributed by atoms with van der Waals surface area (Å²) >= 11 is 3.86. The molecule has 0 heterocycles. The Balaban J connectivity index is 4.77. The van der Waals surface area contributed by atoms with E-state index in [1.165, 1.54) is 0 Å². The quantitative estimate of drug-likeness (QED) is 0.103. The van der Waals surface area contributed by atoms with Crippen LogP contribution in [0.15, 0.2) is 0 Å². The first-order chi connectivity index (χ1) is 13.1. The van der Waals surface area contributed by atoms with Crippen molar-refractivity contribution in [1.29, 1.82) is 0 Å². The fourth-order valence-corrected chi connectivity index (χ4v) is 2.32. The first-order valence-electron chi connectivity index (χ1n) is 8.57. The maximum absolute atomic E-state index is 12.3. The molecule has 0 aromatic carbocycles. The van der Waals surface area contributed by atoms with E-state index in [-0.39, 0.29) is 18.6 Å². The Morgan fingerprint density at radius 2 is 1.64 bits per heavy atom. The third-order valence-corrected chi connectivity index (χ3v) is 3.94. The molecule has 13 heteroatoms. The molecule has 10 N–H and O–H groups in total. The Kier molecular flexibility index (Phi) is 12.6. The first kappa shape index (κ1) is 25.6. The molecule has 28 heavy (non-hydrogen) atoms. The zero-order valence-electron chi connectivity index (χ0n) is 15.3. The molecule has 12 nitrogen and oxygen atoms in total. The standard InChI is InChI=1S/C15H28N6O6S/c16-4-2-1-3-9(14(25)21-10(7-28)15(26)27)20-12(23)6-19-13(24)8(17)5-11(18)22/h8-10,28H,1-7,16-17H2,(H2,18,22)(H,19,24)(H,20,23)(H,21,25)(H,26,27). The monoisotopic (exact) mass is 420 g/mol. The van der Waals surface area contributed by atoms with Gasteiger partial charge in [-0.1, -0.05) is 0 Å². The predicted octanol–water partition coefficient (Wildman–Crippen LogP) is -3.58. The van der Waals surface area contributed by atoms with Crippen LogP contribution in [0.4, 0.5) is 0 Å². The summed E-state index contributed by atoms with van der Waals surface area (Å²) in [6, 6.07) is -3.42. The summed E-state index contributed by atoms with van der Waals surface area (Å²) in [7, 11) is 0. The van der Waals surface area contributed by atoms with Crippen LogP contribution in [-0.2, 0) is 24.0 Å². The topological polar surface area (TPSA) is 220 Å². The van der Waals surface area contributed by atoms with E-state index in [4.69, 9.17) is 22.3 Å². The molecule has 0 aliphatic rings. The fourth-order valence-electron chi connectivity index (χ4n) is 2.07. The molecule has 160 valence electrons. The van der Waals surface area contributed by atoms with Crippen molar-refractivity contribution in [3.05, 3.63) is 0 Å². The number of unbranched alkanes of at least 4 members (excludes halogenated alkanes) is 1. The van der Waals surface area contributed by atoms with Crippen LogP contribution in [0.25, 0.3) is 0 Å². The SMILES string of the molecule is NCCCCC(NC(=O)CNC(=O)C(N)CC(N)=O)C(=O)NC(CS)C(=O)O. The molecule has 4 amide bonds. The Labute approximate surface area is 167 Å². The number of carboxylic acid groups (broad SMARTS) is 1. The average Bonchev–Trinajstić information content (AvgIpc) is 2.62. The molecule has 0 aromatic rings. The minimum atomic E-state index is -1.26. The number of nitrogens with one attached hydrogen (secondary N) is 3. The molecule has 3 atom stereocenters. The highest BCUT2D eigenvalue weighted by Crippen LogP contribution is 2.02. The van der Waals surface area contributed by atoms with E-state index in [0.717, 1.165) is 0 Å². The lowest BCUT2D eigenvalue weighted by Gasteiger charge is -2.21. The van der Waals surface area contributed by atoms with Crippen molar-refractivity contribution >= 4 is 42.2 Å². The minimum absolute atomic E-state index is 0.127. The lowest BCUT2D eigenvalue weighted by atomic mass is 10.1. The van der Waals surface area contributed by atoms with Crippen LogP contribution in [0.5, 0.6) is 0 Å². The van der Waals surface area contributed by atoms with Gasteiger partial charge in [0.15, 0.2) is 0 Å². The van der Waals surface area contributed by atoms with Gasteiger partial charge in [-0.05, 0) is 25.8 Å². The summed E-state index contributed by atoms with van der Waals surface area (Å²) in [4.78, 5) is 57.8. The zero-order valence-corrected chi connectivity index (χ0v) is 16.2. The van der Waals surface area contributed by atoms with E-state index in [9.17, 15) is 24.0 Å². The molecule has 0 aromatic heterocycles. The molecular weight excluding hydrogens is 392 g/mol. The lowest BCUT2D eigenvalue weighted by molar-refractivity contribution is -0.141. The molecule has 0 fully saturated rings. The van der Waals surface area contributed by atoms with Gasteiger partial charge in [0, 0.05) is 5.75 Å². The molecule has 3 unspecified atom stereocenters. The van der Waals surface area contributed by atoms with E-state index >= 15 is 0 Å². The smallest absolute Gasteiger partial charge is 0.327 e. The van der Waals surface area contributed by atoms with E-state index in [1.807, 2.05) is 0 Å². The van der Waals surface area contributed by atoms with Crippen molar-refractivity contribution in [2.75, 3.05) is 18.8 Å². The van der Waals surface area contributed by atoms with Gasteiger partial charge < -0.3 is 38.3 Å². The van der Waals surface area contributed by atoms with Crippen molar-refractivity contribution in [1.82, 2.24) is 16.0 Å². The van der Waals surface area contributed by atoms with Crippen LogP contribution in [0.2, 0.25) is 0 Å². The predicted molar refractivity (Wildman–Crippen MR) is 103 cm³/mol. The number of carbonyl (C=O) groups excluding carboxylic acids is 4. The van der Waals surface area contributed by atoms with E-state index in [1.54, 1.807) is 0 Å². The second kappa shape index (κ2) is 13.7. The van der Waals surface area contributed by atoms with Crippen molar-refractivity contribution in [2.24, 2.45) is 17.2 Å². The van der Waals surface area contributed by atoms with Crippen molar-refractivity contribution in [3.8, 4) is 0 Å². The van der Waals surface area contributed by atoms with Gasteiger partial charge >= 0.3 is 5.97 Å². The van der Waals surface area contributed by atoms with Gasteiger partial charge in [0.05, 0.1) is 19.0 Å². The van der Waals surface area contributed by atoms with Gasteiger partial charge in [-0.15, -0.1) is 0 Å². The second-order valence-corrected chi connectivity index (χ2v) is 6.35. The van der Waals surface area contributed by atoms with Gasteiger partial charge in [-0.3, -0.25) is 19.2 Å². The molecule has 0 aliphatic heterocycles. The normalized spacial score (nSPS) is 13.7. The van der Waals surface area contributed by atoms with Crippen LogP contribution >= 0.6 is 12.6 Å². The number of nitrogens with two attached hydrogens (primary N) is 3. The molecule has 0 radical (unpaired) electrons. The number of amides is 4. The maximum atomic E-state index is 12.3. The van der Waals surface area contributed by atoms with Gasteiger partial charge in [-0.2, -0.15) is 12.6 Å². The van der Waals surface area contributed by atoms with E-state index in [0.29, 0.717) is 19.4 Å². The largest absolute Gasteiger partial charge is 0.480 e. The molecule has 0 aliphatic carbocycles. The number of carboxylic acids is 1. The van der Waals surface area contributed by atoms with Crippen LogP contribution in [0.3, 0.4) is 0 Å². The molecule has 0 spiro atoms. The highest BCUT2D eigenvalue weighted by molar-refractivity contribution is 7.80. The van der Waals surface area contributed by atoms with E-state index in [2.05, 4.69) is 28.6 Å². The summed E-state index contributed by atoms with van der Waals surface area (Å²) in [5.41, 5.74) is 15.8. The highest BCUT2D eigenvalue weighted by atomic mass is 32.1. The van der Waals surface area contributed by atoms with Crippen molar-refractivity contribution < 1.29 is 29.1 Å². The number of carbonyl (C=O) groups is 5. The summed E-state index contributed by atoms with van der Waals surface area (Å²) in [6.45, 7) is -0.0919. The summed E-state index contributed by atoms with van der Waals surface area (Å²) in [6.07, 6.45) is 0.970. The number of aliphatic carboxylic acids is 1. The van der Waals surface area contributed by atoms with Gasteiger partial charge in [-0.25, -0.2) is 4.79 Å². The third-order valence-electron chi connectivity index (χ3n) is 3.58. The second-order valence-electron chi connectivity index (χ2n) is 5.98. The average molecular weight is 420 g/mol. The molecule has 0 rings (SSSR count). The summed E-state index contributed by atoms with van der Waals surface area (Å²) in [5.74, 6) is -4.28. The van der Waals surface area contributed by atoms with Gasteiger partial charge in [0.1, 0.15) is 12.1 Å². The number of primary amides is 1. The third kappa shape index (κ3) is 10.7. The van der Waals surface area contributed by atoms with Crippen LogP contribution < -0.4 is 33.2 Å². The number of hydrogen-bond donors (Lipinski definition) is 8. The summed E-state index contributed by atoms with van der Waals surface area (Å²) < 4.78 is 0. The van der Waals surface area contributed by atoms with E-state index < -0.39 is 54.3 Å². The van der Waals surface area contributed by atoms with Crippen LogP contribution in [0, 0.1) is 0 Å². The van der Waals surface area contributed by atoms with Crippen LogP contribution in [0.1, 0.15) is 25.7 Å². The van der Waals surface area contributed by atoms with Crippen LogP contribution in [-0.4, -0.2) is 71.7 Å². The zero-order chi connectivity index (χ0) is 21.7. The maximum Gasteiger partial charge on any atom is 0.327 e. The summed E-state index contributed by atoms with van der Waals surface area (Å²) in [5, 5.41) is 15.9. The Bertz CT molecular complexity index is 575. The Morgan fingerprint density at radius 1 is 1.00 bits per heavy atom. The molecule has 0 saturated carbocycles. The minimum Gasteiger partial charge on any atom is -0.480 e. The molecular formula is C15H28N6O6S. The van der Waals surface area contributed by atoms with Gasteiger partial charge in [0.25, 0.3) is 0 Å². The highest BCUT2D eigenvalue weighted by Gasteiger charge is 2.26. The molecule has 0 bridgehead atoms. The number of rotatable bonds is 14. The number of hydrogen-bond acceptors (Lipinski definition) is 8. The van der Waals surface area contributed by atoms with Crippen molar-refractivity contribution in [3.63, 3.8) is 0 Å². The fraction of sp³-hybridized carbons (Fsp3) is 0.667. The first-order valence-corrected chi connectivity index (χ1v) is 9.20. The number of thiol groups is 1.